The van der Waals surface area contributed by atoms with E-state index in [4.69, 9.17) is 11.6 Å². The van der Waals surface area contributed by atoms with Gasteiger partial charge in [0.1, 0.15) is 11.4 Å². The fraction of sp³-hybridized carbons (Fsp3) is 0.308. The molecule has 0 amide bonds. The number of hydrazine groups is 1. The highest BCUT2D eigenvalue weighted by Crippen LogP contribution is 2.23. The minimum Gasteiger partial charge on any atom is -0.394 e. The second-order valence-corrected chi connectivity index (χ2v) is 4.52. The first kappa shape index (κ1) is 14.0. The minimum absolute atomic E-state index is 0.132. The van der Waals surface area contributed by atoms with E-state index in [2.05, 4.69) is 10.2 Å². The van der Waals surface area contributed by atoms with Crippen LogP contribution in [0.5, 0.6) is 0 Å². The summed E-state index contributed by atoms with van der Waals surface area (Å²) in [6.07, 6.45) is 5.57. The van der Waals surface area contributed by atoms with Crippen molar-refractivity contribution < 1.29 is 4.79 Å². The van der Waals surface area contributed by atoms with Gasteiger partial charge in [0.2, 0.25) is 0 Å². The first-order valence-electron chi connectivity index (χ1n) is 6.29. The molecule has 1 aromatic heterocycles. The van der Waals surface area contributed by atoms with Crippen molar-refractivity contribution in [2.45, 2.75) is 20.3 Å². The van der Waals surface area contributed by atoms with Crippen molar-refractivity contribution in [1.29, 1.82) is 0 Å². The molecule has 0 fully saturated rings. The lowest BCUT2D eigenvalue weighted by Gasteiger charge is -2.21. The summed E-state index contributed by atoms with van der Waals surface area (Å²) in [5, 5.41) is 9.81. The van der Waals surface area contributed by atoms with Crippen molar-refractivity contribution in [1.82, 2.24) is 20.0 Å². The van der Waals surface area contributed by atoms with Crippen LogP contribution < -0.4 is 11.6 Å². The number of nitrogens with zero attached hydrogens (tertiary/aromatic N) is 4. The molecule has 0 saturated heterocycles. The van der Waals surface area contributed by atoms with Crippen LogP contribution in [-0.4, -0.2) is 25.8 Å². The van der Waals surface area contributed by atoms with E-state index in [1.807, 2.05) is 13.0 Å². The highest BCUT2D eigenvalue weighted by atomic mass is 16.1. The molecule has 2 rings (SSSR count). The summed E-state index contributed by atoms with van der Waals surface area (Å²) in [4.78, 5) is 13.1. The Morgan fingerprint density at radius 3 is 2.55 bits per heavy atom. The maximum Gasteiger partial charge on any atom is 0.180 e. The van der Waals surface area contributed by atoms with E-state index in [0.29, 0.717) is 12.1 Å². The quantitative estimate of drug-likeness (QED) is 0.609. The third kappa shape index (κ3) is 2.48. The molecular formula is C13H18N6O. The van der Waals surface area contributed by atoms with Gasteiger partial charge in [-0.1, -0.05) is 6.92 Å². The Kier molecular flexibility index (Phi) is 3.71. The van der Waals surface area contributed by atoms with E-state index in [0.717, 1.165) is 17.0 Å². The summed E-state index contributed by atoms with van der Waals surface area (Å²) in [7, 11) is 1.76. The van der Waals surface area contributed by atoms with Gasteiger partial charge in [-0.25, -0.2) is 5.84 Å². The Balaban J connectivity index is 2.35. The molecule has 0 unspecified atom stereocenters. The predicted octanol–water partition coefficient (Wildman–Crippen LogP) is 0.359. The number of hydrogen-bond acceptors (Lipinski definition) is 6. The van der Waals surface area contributed by atoms with Crippen molar-refractivity contribution >= 4 is 11.4 Å². The van der Waals surface area contributed by atoms with E-state index in [1.54, 1.807) is 26.2 Å². The maximum atomic E-state index is 11.6. The standard InChI is InChI=1S/C13H18N6O/c1-4-11(20)12(14)10-6-5-9(7-19(10)15)13-8(2)16-18(3)17-13/h5-7H,4,14-15H2,1-3H3/b12-10-. The van der Waals surface area contributed by atoms with E-state index in [1.165, 1.54) is 9.81 Å². The Bertz CT molecular complexity index is 637. The van der Waals surface area contributed by atoms with Crippen molar-refractivity contribution in [3.05, 3.63) is 41.1 Å². The number of aryl methyl sites for hydroxylation is 2. The molecule has 20 heavy (non-hydrogen) atoms. The first-order chi connectivity index (χ1) is 9.43. The highest BCUT2D eigenvalue weighted by Gasteiger charge is 2.18. The number of hydrogen-bond donors (Lipinski definition) is 2. The Morgan fingerprint density at radius 2 is 2.05 bits per heavy atom. The third-order valence-corrected chi connectivity index (χ3v) is 3.03. The molecule has 0 saturated carbocycles. The summed E-state index contributed by atoms with van der Waals surface area (Å²) in [5.41, 5.74) is 8.83. The molecule has 0 radical (unpaired) electrons. The van der Waals surface area contributed by atoms with Crippen LogP contribution >= 0.6 is 0 Å². The van der Waals surface area contributed by atoms with Crippen LogP contribution in [0.25, 0.3) is 5.57 Å². The summed E-state index contributed by atoms with van der Waals surface area (Å²) in [6.45, 7) is 3.63. The smallest absolute Gasteiger partial charge is 0.180 e. The monoisotopic (exact) mass is 274 g/mol. The average molecular weight is 274 g/mol. The van der Waals surface area contributed by atoms with Gasteiger partial charge in [-0.05, 0) is 19.1 Å². The van der Waals surface area contributed by atoms with Crippen LogP contribution in [-0.2, 0) is 11.8 Å². The van der Waals surface area contributed by atoms with Crippen LogP contribution in [0.1, 0.15) is 24.7 Å². The molecule has 0 aromatic carbocycles. The summed E-state index contributed by atoms with van der Waals surface area (Å²) < 4.78 is 0. The SMILES string of the molecule is CCC(=O)/C(N)=C1\C=CC(c2nn(C)nc2C)=CN1N. The van der Waals surface area contributed by atoms with E-state index >= 15 is 0 Å². The number of aromatic nitrogens is 3. The van der Waals surface area contributed by atoms with Crippen LogP contribution in [0.3, 0.4) is 0 Å². The number of carbonyl (C=O) groups is 1. The molecule has 7 nitrogen and oxygen atoms in total. The fourth-order valence-corrected chi connectivity index (χ4v) is 1.99. The van der Waals surface area contributed by atoms with Crippen molar-refractivity contribution in [3.63, 3.8) is 0 Å². The number of carbonyl (C=O) groups excluding carboxylic acids is 1. The lowest BCUT2D eigenvalue weighted by atomic mass is 10.1. The Labute approximate surface area is 117 Å². The molecule has 0 atom stereocenters. The summed E-state index contributed by atoms with van der Waals surface area (Å²) in [6, 6.07) is 0. The largest absolute Gasteiger partial charge is 0.394 e. The second-order valence-electron chi connectivity index (χ2n) is 4.52. The summed E-state index contributed by atoms with van der Waals surface area (Å²) >= 11 is 0. The molecular weight excluding hydrogens is 256 g/mol. The van der Waals surface area contributed by atoms with Gasteiger partial charge >= 0.3 is 0 Å². The molecule has 2 heterocycles. The van der Waals surface area contributed by atoms with Gasteiger partial charge < -0.3 is 5.73 Å². The van der Waals surface area contributed by atoms with Crippen LogP contribution in [0, 0.1) is 6.92 Å². The molecule has 1 aliphatic heterocycles. The molecule has 106 valence electrons. The lowest BCUT2D eigenvalue weighted by molar-refractivity contribution is -0.115. The van der Waals surface area contributed by atoms with Gasteiger partial charge in [0.05, 0.1) is 11.4 Å². The van der Waals surface area contributed by atoms with Gasteiger partial charge in [-0.15, -0.1) is 0 Å². The predicted molar refractivity (Wildman–Crippen MR) is 75.4 cm³/mol. The molecule has 7 heteroatoms. The number of Topliss-reactive ketones (excluding diaryl/α,β-unsaturated/α-hetero) is 1. The van der Waals surface area contributed by atoms with Gasteiger partial charge in [0.15, 0.2) is 5.78 Å². The fourth-order valence-electron chi connectivity index (χ4n) is 1.99. The zero-order valence-corrected chi connectivity index (χ0v) is 11.8. The maximum absolute atomic E-state index is 11.6. The van der Waals surface area contributed by atoms with Crippen LogP contribution in [0.4, 0.5) is 0 Å². The molecule has 1 aliphatic rings. The average Bonchev–Trinajstić information content (AvgIpc) is 2.76. The number of allylic oxidation sites excluding steroid dienone is 4. The zero-order chi connectivity index (χ0) is 14.9. The van der Waals surface area contributed by atoms with Crippen LogP contribution in [0.15, 0.2) is 29.7 Å². The highest BCUT2D eigenvalue weighted by molar-refractivity contribution is 5.95. The Morgan fingerprint density at radius 1 is 1.35 bits per heavy atom. The molecule has 0 aliphatic carbocycles. The molecule has 1 aromatic rings. The van der Waals surface area contributed by atoms with Gasteiger partial charge in [-0.2, -0.15) is 15.0 Å². The van der Waals surface area contributed by atoms with Crippen molar-refractivity contribution in [2.75, 3.05) is 0 Å². The lowest BCUT2D eigenvalue weighted by Crippen LogP contribution is -2.30. The minimum atomic E-state index is -0.132. The first-order valence-corrected chi connectivity index (χ1v) is 6.29. The number of ketones is 1. The van der Waals surface area contributed by atoms with Gasteiger partial charge in [0.25, 0.3) is 0 Å². The van der Waals surface area contributed by atoms with E-state index in [-0.39, 0.29) is 11.5 Å². The van der Waals surface area contributed by atoms with Crippen LogP contribution in [0.2, 0.25) is 0 Å². The van der Waals surface area contributed by atoms with Gasteiger partial charge in [0, 0.05) is 25.2 Å². The number of nitrogens with two attached hydrogens (primary N) is 2. The molecule has 4 N–H and O–H groups in total. The molecule has 0 spiro atoms. The van der Waals surface area contributed by atoms with Gasteiger partial charge in [-0.3, -0.25) is 9.80 Å². The van der Waals surface area contributed by atoms with Crippen molar-refractivity contribution in [2.24, 2.45) is 18.6 Å². The normalized spacial score (nSPS) is 17.2. The number of rotatable bonds is 3. The third-order valence-electron chi connectivity index (χ3n) is 3.03. The summed E-state index contributed by atoms with van der Waals surface area (Å²) in [5.74, 6) is 5.79. The van der Waals surface area contributed by atoms with E-state index in [9.17, 15) is 4.79 Å². The van der Waals surface area contributed by atoms with Crippen molar-refractivity contribution in [3.8, 4) is 0 Å². The second kappa shape index (κ2) is 5.30. The topological polar surface area (TPSA) is 103 Å². The zero-order valence-electron chi connectivity index (χ0n) is 11.8. The Hall–Kier alpha value is -2.41. The molecule has 0 bridgehead atoms. The van der Waals surface area contributed by atoms with E-state index < -0.39 is 0 Å².